The summed E-state index contributed by atoms with van der Waals surface area (Å²) < 4.78 is 12.9. The standard InChI is InChI=1S/C36H34B2N2O2/c1-3-41-37(39-29-17-7-5-8-18-29)33-25-23-27-15-11-13-21-31(27)35(33)36-32-22-14-12-16-28(32)24-26-34(36)38(42-4-2)40-30-19-9-6-10-20-30/h5-26,39-40H,3-4H2,1-2H3. The van der Waals surface area contributed by atoms with E-state index < -0.39 is 0 Å². The molecule has 0 aliphatic heterocycles. The lowest BCUT2D eigenvalue weighted by molar-refractivity contribution is 0.354. The molecule has 0 amide bonds. The summed E-state index contributed by atoms with van der Waals surface area (Å²) in [7, 11) is -0.729. The molecule has 0 atom stereocenters. The molecule has 0 bridgehead atoms. The molecule has 0 heterocycles. The molecule has 0 aliphatic rings. The Bertz CT molecular complexity index is 1650. The van der Waals surface area contributed by atoms with E-state index in [0.29, 0.717) is 13.2 Å². The molecule has 0 radical (unpaired) electrons. The third-order valence-corrected chi connectivity index (χ3v) is 7.55. The molecule has 4 nitrogen and oxygen atoms in total. The lowest BCUT2D eigenvalue weighted by Crippen LogP contribution is -2.46. The Kier molecular flexibility index (Phi) is 8.55. The summed E-state index contributed by atoms with van der Waals surface area (Å²) >= 11 is 0. The van der Waals surface area contributed by atoms with Gasteiger partial charge in [-0.1, -0.05) is 109 Å². The van der Waals surface area contributed by atoms with Gasteiger partial charge in [0.2, 0.25) is 0 Å². The first-order chi connectivity index (χ1) is 20.8. The molecule has 0 aromatic heterocycles. The van der Waals surface area contributed by atoms with Crippen molar-refractivity contribution in [2.24, 2.45) is 0 Å². The molecule has 0 unspecified atom stereocenters. The van der Waals surface area contributed by atoms with E-state index >= 15 is 0 Å². The highest BCUT2D eigenvalue weighted by molar-refractivity contribution is 6.75. The van der Waals surface area contributed by atoms with Crippen molar-refractivity contribution in [3.05, 3.63) is 133 Å². The van der Waals surface area contributed by atoms with Crippen molar-refractivity contribution >= 4 is 57.9 Å². The van der Waals surface area contributed by atoms with Crippen molar-refractivity contribution < 1.29 is 9.31 Å². The predicted octanol–water partition coefficient (Wildman–Crippen LogP) is 7.35. The molecule has 0 aliphatic carbocycles. The Hall–Kier alpha value is -4.51. The van der Waals surface area contributed by atoms with E-state index in [0.717, 1.165) is 33.4 Å². The minimum Gasteiger partial charge on any atom is -0.413 e. The molecule has 2 N–H and O–H groups in total. The Morgan fingerprint density at radius 1 is 0.452 bits per heavy atom. The normalized spacial score (nSPS) is 11.0. The van der Waals surface area contributed by atoms with Crippen LogP contribution in [0, 0.1) is 0 Å². The van der Waals surface area contributed by atoms with E-state index in [2.05, 4.69) is 108 Å². The average Bonchev–Trinajstić information content (AvgIpc) is 3.04. The maximum Gasteiger partial charge on any atom is 0.449 e. The minimum absolute atomic E-state index is 0.364. The Morgan fingerprint density at radius 3 is 1.24 bits per heavy atom. The first kappa shape index (κ1) is 27.6. The van der Waals surface area contributed by atoms with Crippen LogP contribution in [0.1, 0.15) is 13.8 Å². The third kappa shape index (κ3) is 5.78. The van der Waals surface area contributed by atoms with Crippen molar-refractivity contribution in [3.63, 3.8) is 0 Å². The van der Waals surface area contributed by atoms with Gasteiger partial charge >= 0.3 is 14.1 Å². The van der Waals surface area contributed by atoms with Gasteiger partial charge in [-0.25, -0.2) is 0 Å². The van der Waals surface area contributed by atoms with Gasteiger partial charge in [-0.2, -0.15) is 0 Å². The summed E-state index contributed by atoms with van der Waals surface area (Å²) in [5.74, 6) is 0. The zero-order valence-corrected chi connectivity index (χ0v) is 24.1. The lowest BCUT2D eigenvalue weighted by atomic mass is 9.63. The molecule has 6 heteroatoms. The van der Waals surface area contributed by atoms with Crippen LogP contribution < -0.4 is 21.4 Å². The zero-order valence-electron chi connectivity index (χ0n) is 24.1. The first-order valence-corrected chi connectivity index (χ1v) is 14.7. The smallest absolute Gasteiger partial charge is 0.413 e. The molecular weight excluding hydrogens is 514 g/mol. The number of rotatable bonds is 11. The quantitative estimate of drug-likeness (QED) is 0.166. The SMILES string of the molecule is CCOB(Nc1ccccc1)c1ccc2ccccc2c1-c1c(B(Nc2ccccc2)OCC)ccc2ccccc12. The highest BCUT2D eigenvalue weighted by atomic mass is 16.4. The number of hydrogen-bond donors (Lipinski definition) is 2. The number of benzene rings is 6. The Labute approximate surface area is 249 Å². The van der Waals surface area contributed by atoms with Crippen LogP contribution in [0.15, 0.2) is 133 Å². The van der Waals surface area contributed by atoms with Crippen LogP contribution in [0.4, 0.5) is 11.4 Å². The van der Waals surface area contributed by atoms with Gasteiger partial charge in [-0.3, -0.25) is 0 Å². The second-order valence-corrected chi connectivity index (χ2v) is 10.2. The van der Waals surface area contributed by atoms with Crippen LogP contribution in [-0.4, -0.2) is 27.3 Å². The lowest BCUT2D eigenvalue weighted by Gasteiger charge is -2.25. The van der Waals surface area contributed by atoms with Gasteiger partial charge in [0.15, 0.2) is 0 Å². The molecular formula is C36H34B2N2O2. The number of anilines is 2. The van der Waals surface area contributed by atoms with E-state index in [1.165, 1.54) is 21.5 Å². The topological polar surface area (TPSA) is 42.5 Å². The molecule has 0 saturated heterocycles. The summed E-state index contributed by atoms with van der Waals surface area (Å²) in [4.78, 5) is 0. The van der Waals surface area contributed by atoms with Gasteiger partial charge in [0.25, 0.3) is 0 Å². The van der Waals surface area contributed by atoms with Crippen molar-refractivity contribution in [1.29, 1.82) is 0 Å². The van der Waals surface area contributed by atoms with E-state index in [9.17, 15) is 0 Å². The highest BCUT2D eigenvalue weighted by Gasteiger charge is 2.30. The second kappa shape index (κ2) is 13.0. The molecule has 206 valence electrons. The summed E-state index contributed by atoms with van der Waals surface area (Å²) in [6, 6.07) is 46.5. The fourth-order valence-electron chi connectivity index (χ4n) is 5.70. The number of para-hydroxylation sites is 2. The van der Waals surface area contributed by atoms with Gasteiger partial charge in [-0.15, -0.1) is 0 Å². The van der Waals surface area contributed by atoms with Crippen LogP contribution in [-0.2, 0) is 9.31 Å². The van der Waals surface area contributed by atoms with Crippen molar-refractivity contribution in [3.8, 4) is 11.1 Å². The molecule has 42 heavy (non-hydrogen) atoms. The van der Waals surface area contributed by atoms with Crippen LogP contribution in [0.2, 0.25) is 0 Å². The Balaban J connectivity index is 1.63. The summed E-state index contributed by atoms with van der Waals surface area (Å²) in [6.07, 6.45) is 0. The summed E-state index contributed by atoms with van der Waals surface area (Å²) in [5.41, 5.74) is 6.44. The molecule has 0 saturated carbocycles. The number of hydrogen-bond acceptors (Lipinski definition) is 4. The van der Waals surface area contributed by atoms with Crippen molar-refractivity contribution in [1.82, 2.24) is 0 Å². The maximum atomic E-state index is 6.44. The zero-order chi connectivity index (χ0) is 28.7. The molecule has 6 aromatic rings. The predicted molar refractivity (Wildman–Crippen MR) is 181 cm³/mol. The van der Waals surface area contributed by atoms with Gasteiger partial charge in [-0.05, 0) is 81.7 Å². The average molecular weight is 548 g/mol. The van der Waals surface area contributed by atoms with Crippen molar-refractivity contribution in [2.45, 2.75) is 13.8 Å². The van der Waals surface area contributed by atoms with E-state index in [1.54, 1.807) is 0 Å². The highest BCUT2D eigenvalue weighted by Crippen LogP contribution is 2.33. The third-order valence-electron chi connectivity index (χ3n) is 7.55. The van der Waals surface area contributed by atoms with Crippen LogP contribution in [0.5, 0.6) is 0 Å². The fourth-order valence-corrected chi connectivity index (χ4v) is 5.70. The molecule has 0 spiro atoms. The maximum absolute atomic E-state index is 6.44. The van der Waals surface area contributed by atoms with Gasteiger partial charge < -0.3 is 19.8 Å². The minimum atomic E-state index is -0.364. The van der Waals surface area contributed by atoms with E-state index in [4.69, 9.17) is 9.31 Å². The van der Waals surface area contributed by atoms with Gasteiger partial charge in [0.1, 0.15) is 0 Å². The fraction of sp³-hybridized carbons (Fsp3) is 0.111. The van der Waals surface area contributed by atoms with Crippen LogP contribution in [0.25, 0.3) is 32.7 Å². The molecule has 6 rings (SSSR count). The molecule has 6 aromatic carbocycles. The summed E-state index contributed by atoms with van der Waals surface area (Å²) in [6.45, 7) is 5.21. The first-order valence-electron chi connectivity index (χ1n) is 14.7. The van der Waals surface area contributed by atoms with E-state index in [-0.39, 0.29) is 14.1 Å². The monoisotopic (exact) mass is 548 g/mol. The number of nitrogens with one attached hydrogen (secondary N) is 2. The second-order valence-electron chi connectivity index (χ2n) is 10.2. The largest absolute Gasteiger partial charge is 0.449 e. The summed E-state index contributed by atoms with van der Waals surface area (Å²) in [5, 5.41) is 12.0. The van der Waals surface area contributed by atoms with Crippen LogP contribution in [0.3, 0.4) is 0 Å². The Morgan fingerprint density at radius 2 is 0.833 bits per heavy atom. The number of fused-ring (bicyclic) bond motifs is 2. The van der Waals surface area contributed by atoms with Crippen molar-refractivity contribution in [2.75, 3.05) is 23.7 Å². The van der Waals surface area contributed by atoms with Crippen LogP contribution >= 0.6 is 0 Å². The van der Waals surface area contributed by atoms with E-state index in [1.807, 2.05) is 50.2 Å². The van der Waals surface area contributed by atoms with Gasteiger partial charge in [0, 0.05) is 24.6 Å². The van der Waals surface area contributed by atoms with Gasteiger partial charge in [0.05, 0.1) is 0 Å². The molecule has 0 fully saturated rings.